The number of hydrogen-bond acceptors (Lipinski definition) is 4. The molecule has 1 aliphatic rings. The van der Waals surface area contributed by atoms with Crippen molar-refractivity contribution in [2.45, 2.75) is 13.8 Å². The summed E-state index contributed by atoms with van der Waals surface area (Å²) in [6, 6.07) is 0. The summed E-state index contributed by atoms with van der Waals surface area (Å²) in [5.41, 5.74) is 0. The maximum absolute atomic E-state index is 11.1. The van der Waals surface area contributed by atoms with Crippen LogP contribution in [0.15, 0.2) is 4.99 Å². The van der Waals surface area contributed by atoms with Crippen LogP contribution >= 0.6 is 11.8 Å². The number of carbonyl (C=O) groups excluding carboxylic acids is 1. The number of thioether (sulfide) groups is 1. The van der Waals surface area contributed by atoms with Crippen LogP contribution in [0.3, 0.4) is 0 Å². The van der Waals surface area contributed by atoms with E-state index < -0.39 is 0 Å². The fraction of sp³-hybridized carbons (Fsp3) is 0.778. The molecule has 1 atom stereocenters. The van der Waals surface area contributed by atoms with Crippen LogP contribution in [0, 0.1) is 5.92 Å². The van der Waals surface area contributed by atoms with Gasteiger partial charge in [0.1, 0.15) is 0 Å². The van der Waals surface area contributed by atoms with E-state index in [4.69, 9.17) is 0 Å². The Morgan fingerprint density at radius 2 is 2.50 bits per heavy atom. The molecule has 1 unspecified atom stereocenters. The molecule has 0 saturated heterocycles. The van der Waals surface area contributed by atoms with E-state index in [2.05, 4.69) is 22.5 Å². The highest BCUT2D eigenvalue weighted by Crippen LogP contribution is 2.15. The van der Waals surface area contributed by atoms with E-state index in [0.717, 1.165) is 17.5 Å². The minimum Gasteiger partial charge on any atom is -0.356 e. The molecule has 14 heavy (non-hydrogen) atoms. The van der Waals surface area contributed by atoms with E-state index in [9.17, 15) is 4.79 Å². The zero-order chi connectivity index (χ0) is 10.4. The van der Waals surface area contributed by atoms with E-state index >= 15 is 0 Å². The average Bonchev–Trinajstić information content (AvgIpc) is 2.17. The van der Waals surface area contributed by atoms with Crippen LogP contribution in [0.2, 0.25) is 0 Å². The number of nitrogens with zero attached hydrogens (tertiary/aromatic N) is 1. The van der Waals surface area contributed by atoms with Crippen LogP contribution < -0.4 is 10.6 Å². The van der Waals surface area contributed by atoms with Crippen molar-refractivity contribution in [3.05, 3.63) is 0 Å². The Kier molecular flexibility index (Phi) is 4.79. The molecule has 0 radical (unpaired) electrons. The summed E-state index contributed by atoms with van der Waals surface area (Å²) >= 11 is 1.69. The predicted octanol–water partition coefficient (Wildman–Crippen LogP) is 0.451. The zero-order valence-corrected chi connectivity index (χ0v) is 9.49. The third-order valence-electron chi connectivity index (χ3n) is 1.83. The molecule has 0 saturated carbocycles. The Hall–Kier alpha value is -0.710. The van der Waals surface area contributed by atoms with E-state index in [1.807, 2.05) is 6.92 Å². The fourth-order valence-corrected chi connectivity index (χ4v) is 1.97. The number of aliphatic imine (C=N–C) groups is 1. The first-order valence-corrected chi connectivity index (χ1v) is 5.88. The molecule has 1 rings (SSSR count). The quantitative estimate of drug-likeness (QED) is 0.719. The van der Waals surface area contributed by atoms with Gasteiger partial charge in [0.25, 0.3) is 0 Å². The molecule has 4 nitrogen and oxygen atoms in total. The van der Waals surface area contributed by atoms with Crippen LogP contribution in [-0.4, -0.2) is 36.5 Å². The van der Waals surface area contributed by atoms with Gasteiger partial charge in [-0.25, -0.2) is 0 Å². The Morgan fingerprint density at radius 3 is 3.07 bits per heavy atom. The van der Waals surface area contributed by atoms with Crippen molar-refractivity contribution >= 4 is 22.8 Å². The first-order valence-electron chi connectivity index (χ1n) is 4.90. The third kappa shape index (κ3) is 4.00. The number of carbonyl (C=O) groups is 1. The highest BCUT2D eigenvalue weighted by molar-refractivity contribution is 8.13. The molecule has 0 fully saturated rings. The van der Waals surface area contributed by atoms with Gasteiger partial charge in [0, 0.05) is 18.8 Å². The number of hydrogen-bond donors (Lipinski definition) is 2. The number of amidine groups is 1. The van der Waals surface area contributed by atoms with Gasteiger partial charge in [-0.2, -0.15) is 0 Å². The number of rotatable bonds is 3. The van der Waals surface area contributed by atoms with Crippen LogP contribution in [0.5, 0.6) is 0 Å². The van der Waals surface area contributed by atoms with Crippen LogP contribution in [-0.2, 0) is 4.79 Å². The van der Waals surface area contributed by atoms with Crippen molar-refractivity contribution in [1.29, 1.82) is 0 Å². The second kappa shape index (κ2) is 5.90. The van der Waals surface area contributed by atoms with Crippen molar-refractivity contribution in [2.24, 2.45) is 10.9 Å². The third-order valence-corrected chi connectivity index (χ3v) is 3.11. The highest BCUT2D eigenvalue weighted by atomic mass is 32.2. The molecular weight excluding hydrogens is 198 g/mol. The smallest absolute Gasteiger partial charge is 0.239 e. The minimum absolute atomic E-state index is 0.0226. The van der Waals surface area contributed by atoms with Gasteiger partial charge in [0.05, 0.1) is 6.54 Å². The molecule has 0 bridgehead atoms. The Labute approximate surface area is 88.9 Å². The molecule has 2 N–H and O–H groups in total. The van der Waals surface area contributed by atoms with Crippen molar-refractivity contribution in [1.82, 2.24) is 10.6 Å². The Balaban J connectivity index is 2.21. The molecule has 0 spiro atoms. The molecule has 0 aromatic heterocycles. The molecule has 1 aliphatic heterocycles. The van der Waals surface area contributed by atoms with Crippen molar-refractivity contribution < 1.29 is 4.79 Å². The van der Waals surface area contributed by atoms with Gasteiger partial charge in [0.2, 0.25) is 5.91 Å². The number of nitrogens with one attached hydrogen (secondary N) is 2. The summed E-state index contributed by atoms with van der Waals surface area (Å²) < 4.78 is 0. The van der Waals surface area contributed by atoms with E-state index in [1.54, 1.807) is 11.8 Å². The summed E-state index contributed by atoms with van der Waals surface area (Å²) in [6.45, 7) is 5.96. The van der Waals surface area contributed by atoms with Gasteiger partial charge in [0.15, 0.2) is 5.17 Å². The normalized spacial score (nSPS) is 21.3. The summed E-state index contributed by atoms with van der Waals surface area (Å²) in [6.07, 6.45) is 0. The summed E-state index contributed by atoms with van der Waals surface area (Å²) in [7, 11) is 0. The first kappa shape index (κ1) is 11.4. The molecular formula is C9H17N3OS. The Bertz CT molecular complexity index is 230. The highest BCUT2D eigenvalue weighted by Gasteiger charge is 2.12. The van der Waals surface area contributed by atoms with Gasteiger partial charge in [-0.3, -0.25) is 9.79 Å². The lowest BCUT2D eigenvalue weighted by Crippen LogP contribution is -2.37. The van der Waals surface area contributed by atoms with Gasteiger partial charge >= 0.3 is 0 Å². The van der Waals surface area contributed by atoms with Crippen LogP contribution in [0.1, 0.15) is 13.8 Å². The second-order valence-corrected chi connectivity index (χ2v) is 4.38. The number of likely N-dealkylation sites (N-methyl/N-ethyl adjacent to an activating group) is 1. The van der Waals surface area contributed by atoms with Crippen molar-refractivity contribution in [2.75, 3.05) is 25.4 Å². The largest absolute Gasteiger partial charge is 0.356 e. The molecule has 0 aliphatic carbocycles. The van der Waals surface area contributed by atoms with E-state index in [-0.39, 0.29) is 5.91 Å². The summed E-state index contributed by atoms with van der Waals surface area (Å²) in [5, 5.41) is 6.65. The van der Waals surface area contributed by atoms with Crippen LogP contribution in [0.4, 0.5) is 0 Å². The molecule has 5 heteroatoms. The summed E-state index contributed by atoms with van der Waals surface area (Å²) in [4.78, 5) is 15.4. The van der Waals surface area contributed by atoms with Gasteiger partial charge in [-0.1, -0.05) is 18.7 Å². The lowest BCUT2D eigenvalue weighted by atomic mass is 10.2. The topological polar surface area (TPSA) is 53.5 Å². The van der Waals surface area contributed by atoms with Crippen molar-refractivity contribution in [3.63, 3.8) is 0 Å². The molecule has 0 aromatic carbocycles. The second-order valence-electron chi connectivity index (χ2n) is 3.37. The van der Waals surface area contributed by atoms with Crippen LogP contribution in [0.25, 0.3) is 0 Å². The lowest BCUT2D eigenvalue weighted by molar-refractivity contribution is -0.119. The SMILES string of the molecule is CCNC(=O)CNC1=NCC(C)CS1. The molecule has 0 aromatic rings. The summed E-state index contributed by atoms with van der Waals surface area (Å²) in [5.74, 6) is 1.76. The fourth-order valence-electron chi connectivity index (χ4n) is 1.08. The number of amides is 1. The molecule has 1 heterocycles. The average molecular weight is 215 g/mol. The lowest BCUT2D eigenvalue weighted by Gasteiger charge is -2.17. The first-order chi connectivity index (χ1) is 6.72. The zero-order valence-electron chi connectivity index (χ0n) is 8.67. The van der Waals surface area contributed by atoms with Gasteiger partial charge in [-0.05, 0) is 12.8 Å². The van der Waals surface area contributed by atoms with E-state index in [1.165, 1.54) is 0 Å². The van der Waals surface area contributed by atoms with Gasteiger partial charge < -0.3 is 10.6 Å². The Morgan fingerprint density at radius 1 is 1.71 bits per heavy atom. The molecule has 1 amide bonds. The predicted molar refractivity (Wildman–Crippen MR) is 60.6 cm³/mol. The maximum Gasteiger partial charge on any atom is 0.239 e. The van der Waals surface area contributed by atoms with Gasteiger partial charge in [-0.15, -0.1) is 0 Å². The maximum atomic E-state index is 11.1. The van der Waals surface area contributed by atoms with E-state index in [0.29, 0.717) is 19.0 Å². The minimum atomic E-state index is 0.0226. The molecule has 80 valence electrons. The monoisotopic (exact) mass is 215 g/mol. The standard InChI is InChI=1S/C9H17N3OS/c1-3-10-8(13)5-12-9-11-4-7(2)6-14-9/h7H,3-6H2,1-2H3,(H,10,13)(H,11,12). The van der Waals surface area contributed by atoms with Crippen molar-refractivity contribution in [3.8, 4) is 0 Å².